The van der Waals surface area contributed by atoms with Gasteiger partial charge in [-0.15, -0.1) is 0 Å². The van der Waals surface area contributed by atoms with E-state index in [0.29, 0.717) is 6.54 Å². The highest BCUT2D eigenvalue weighted by Crippen LogP contribution is 2.34. The van der Waals surface area contributed by atoms with Crippen molar-refractivity contribution in [2.75, 3.05) is 20.2 Å². The molecular weight excluding hydrogens is 252 g/mol. The number of rotatable bonds is 4. The first-order valence-electron chi connectivity index (χ1n) is 6.48. The summed E-state index contributed by atoms with van der Waals surface area (Å²) in [6.45, 7) is 0.435. The molecule has 7 heteroatoms. The third-order valence-electron chi connectivity index (χ3n) is 4.08. The molecular formula is C12H20N2O5. The van der Waals surface area contributed by atoms with Gasteiger partial charge in [-0.2, -0.15) is 0 Å². The second-order valence-electron chi connectivity index (χ2n) is 5.30. The Morgan fingerprint density at radius 3 is 2.63 bits per heavy atom. The van der Waals surface area contributed by atoms with Crippen molar-refractivity contribution >= 4 is 12.0 Å². The molecule has 1 saturated heterocycles. The third kappa shape index (κ3) is 2.82. The van der Waals surface area contributed by atoms with Gasteiger partial charge < -0.3 is 25.2 Å². The number of nitrogens with zero attached hydrogens (tertiary/aromatic N) is 1. The SMILES string of the molecule is COC1(CNC(=O)N2CC(O)CC2C(=O)O)CCC1. The minimum atomic E-state index is -1.09. The molecule has 0 aromatic rings. The molecule has 2 unspecified atom stereocenters. The second-order valence-corrected chi connectivity index (χ2v) is 5.30. The molecule has 2 atom stereocenters. The molecule has 1 saturated carbocycles. The molecule has 0 radical (unpaired) electrons. The van der Waals surface area contributed by atoms with Crippen LogP contribution in [0.5, 0.6) is 0 Å². The number of carbonyl (C=O) groups is 2. The van der Waals surface area contributed by atoms with E-state index >= 15 is 0 Å². The molecule has 1 aliphatic carbocycles. The average molecular weight is 272 g/mol. The number of methoxy groups -OCH3 is 1. The summed E-state index contributed by atoms with van der Waals surface area (Å²) in [6.07, 6.45) is 2.18. The van der Waals surface area contributed by atoms with Crippen LogP contribution in [0, 0.1) is 0 Å². The summed E-state index contributed by atoms with van der Waals surface area (Å²) in [7, 11) is 1.62. The van der Waals surface area contributed by atoms with Crippen LogP contribution in [0.15, 0.2) is 0 Å². The van der Waals surface area contributed by atoms with E-state index in [0.717, 1.165) is 19.3 Å². The van der Waals surface area contributed by atoms with E-state index in [4.69, 9.17) is 9.84 Å². The maximum absolute atomic E-state index is 12.0. The number of likely N-dealkylation sites (tertiary alicyclic amines) is 1. The smallest absolute Gasteiger partial charge is 0.326 e. The van der Waals surface area contributed by atoms with Gasteiger partial charge in [0.15, 0.2) is 0 Å². The summed E-state index contributed by atoms with van der Waals surface area (Å²) in [6, 6.07) is -1.40. The summed E-state index contributed by atoms with van der Waals surface area (Å²) in [5.74, 6) is -1.09. The van der Waals surface area contributed by atoms with Gasteiger partial charge in [-0.05, 0) is 19.3 Å². The van der Waals surface area contributed by atoms with E-state index in [1.54, 1.807) is 7.11 Å². The van der Waals surface area contributed by atoms with Gasteiger partial charge in [0.25, 0.3) is 0 Å². The van der Waals surface area contributed by atoms with Crippen LogP contribution in [0.1, 0.15) is 25.7 Å². The Balaban J connectivity index is 1.90. The number of aliphatic hydroxyl groups is 1. The van der Waals surface area contributed by atoms with Crippen molar-refractivity contribution in [3.63, 3.8) is 0 Å². The minimum Gasteiger partial charge on any atom is -0.480 e. The Morgan fingerprint density at radius 2 is 2.16 bits per heavy atom. The first kappa shape index (κ1) is 14.1. The summed E-state index contributed by atoms with van der Waals surface area (Å²) in [4.78, 5) is 24.2. The van der Waals surface area contributed by atoms with E-state index in [1.165, 1.54) is 4.90 Å². The Morgan fingerprint density at radius 1 is 1.47 bits per heavy atom. The van der Waals surface area contributed by atoms with Gasteiger partial charge >= 0.3 is 12.0 Å². The number of β-amino-alcohol motifs (C(OH)–C–C–N with tert-alkyl or cyclic N) is 1. The zero-order valence-electron chi connectivity index (χ0n) is 11.0. The number of carboxylic acids is 1. The fraction of sp³-hybridized carbons (Fsp3) is 0.833. The van der Waals surface area contributed by atoms with E-state index in [2.05, 4.69) is 5.32 Å². The van der Waals surface area contributed by atoms with Crippen LogP contribution in [0.3, 0.4) is 0 Å². The molecule has 0 spiro atoms. The average Bonchev–Trinajstić information content (AvgIpc) is 2.70. The normalized spacial score (nSPS) is 28.8. The number of nitrogens with one attached hydrogen (secondary N) is 1. The van der Waals surface area contributed by atoms with E-state index in [-0.39, 0.29) is 18.6 Å². The molecule has 0 aromatic heterocycles. The number of hydrogen-bond acceptors (Lipinski definition) is 4. The number of carboxylic acid groups (broad SMARTS) is 1. The number of urea groups is 1. The van der Waals surface area contributed by atoms with Crippen LogP contribution in [-0.2, 0) is 9.53 Å². The predicted octanol–water partition coefficient (Wildman–Crippen LogP) is -0.215. The van der Waals surface area contributed by atoms with E-state index < -0.39 is 24.1 Å². The van der Waals surface area contributed by atoms with Gasteiger partial charge in [-0.1, -0.05) is 0 Å². The molecule has 2 amide bonds. The molecule has 2 fully saturated rings. The molecule has 0 bridgehead atoms. The van der Waals surface area contributed by atoms with Crippen LogP contribution in [0.25, 0.3) is 0 Å². The maximum Gasteiger partial charge on any atom is 0.326 e. The van der Waals surface area contributed by atoms with Crippen molar-refractivity contribution in [2.45, 2.75) is 43.4 Å². The number of aliphatic carboxylic acids is 1. The zero-order chi connectivity index (χ0) is 14.0. The molecule has 3 N–H and O–H groups in total. The van der Waals surface area contributed by atoms with Crippen LogP contribution in [-0.4, -0.2) is 65.1 Å². The van der Waals surface area contributed by atoms with Crippen LogP contribution < -0.4 is 5.32 Å². The Kier molecular flexibility index (Phi) is 3.96. The fourth-order valence-electron chi connectivity index (χ4n) is 2.63. The summed E-state index contributed by atoms with van der Waals surface area (Å²) >= 11 is 0. The molecule has 1 aliphatic heterocycles. The van der Waals surface area contributed by atoms with Crippen molar-refractivity contribution in [3.05, 3.63) is 0 Å². The molecule has 7 nitrogen and oxygen atoms in total. The number of carbonyl (C=O) groups excluding carboxylic acids is 1. The van der Waals surface area contributed by atoms with Crippen molar-refractivity contribution in [2.24, 2.45) is 0 Å². The standard InChI is InChI=1S/C12H20N2O5/c1-19-12(3-2-4-12)7-13-11(18)14-6-8(15)5-9(14)10(16)17/h8-9,15H,2-7H2,1H3,(H,13,18)(H,16,17). The van der Waals surface area contributed by atoms with Gasteiger partial charge in [0.2, 0.25) is 0 Å². The minimum absolute atomic E-state index is 0.0583. The predicted molar refractivity (Wildman–Crippen MR) is 65.7 cm³/mol. The van der Waals surface area contributed by atoms with Gasteiger partial charge in [0.05, 0.1) is 11.7 Å². The lowest BCUT2D eigenvalue weighted by Gasteiger charge is -2.40. The first-order valence-corrected chi connectivity index (χ1v) is 6.48. The van der Waals surface area contributed by atoms with E-state index in [9.17, 15) is 14.7 Å². The Labute approximate surface area is 111 Å². The quantitative estimate of drug-likeness (QED) is 0.657. The molecule has 2 rings (SSSR count). The molecule has 108 valence electrons. The second kappa shape index (κ2) is 5.34. The highest BCUT2D eigenvalue weighted by atomic mass is 16.5. The number of aliphatic hydroxyl groups excluding tert-OH is 1. The molecule has 0 aromatic carbocycles. The molecule has 2 aliphatic rings. The van der Waals surface area contributed by atoms with Crippen molar-refractivity contribution in [3.8, 4) is 0 Å². The largest absolute Gasteiger partial charge is 0.480 e. The van der Waals surface area contributed by atoms with Gasteiger partial charge in [-0.3, -0.25) is 0 Å². The lowest BCUT2D eigenvalue weighted by Crippen LogP contribution is -2.53. The van der Waals surface area contributed by atoms with Gasteiger partial charge in [0.1, 0.15) is 6.04 Å². The highest BCUT2D eigenvalue weighted by Gasteiger charge is 2.41. The Bertz CT molecular complexity index is 364. The van der Waals surface area contributed by atoms with Crippen molar-refractivity contribution in [1.29, 1.82) is 0 Å². The highest BCUT2D eigenvalue weighted by molar-refractivity contribution is 5.83. The molecule has 1 heterocycles. The Hall–Kier alpha value is -1.34. The van der Waals surface area contributed by atoms with Crippen LogP contribution >= 0.6 is 0 Å². The summed E-state index contributed by atoms with van der Waals surface area (Å²) in [5.41, 5.74) is -0.299. The maximum atomic E-state index is 12.0. The summed E-state index contributed by atoms with van der Waals surface area (Å²) < 4.78 is 5.38. The molecule has 19 heavy (non-hydrogen) atoms. The summed E-state index contributed by atoms with van der Waals surface area (Å²) in [5, 5.41) is 21.2. The first-order chi connectivity index (χ1) is 8.97. The lowest BCUT2D eigenvalue weighted by molar-refractivity contribution is -0.141. The van der Waals surface area contributed by atoms with Crippen molar-refractivity contribution < 1.29 is 24.5 Å². The lowest BCUT2D eigenvalue weighted by atomic mass is 9.80. The fourth-order valence-corrected chi connectivity index (χ4v) is 2.63. The van der Waals surface area contributed by atoms with Crippen LogP contribution in [0.2, 0.25) is 0 Å². The monoisotopic (exact) mass is 272 g/mol. The number of ether oxygens (including phenoxy) is 1. The van der Waals surface area contributed by atoms with Gasteiger partial charge in [-0.25, -0.2) is 9.59 Å². The van der Waals surface area contributed by atoms with E-state index in [1.807, 2.05) is 0 Å². The van der Waals surface area contributed by atoms with Crippen molar-refractivity contribution in [1.82, 2.24) is 10.2 Å². The van der Waals surface area contributed by atoms with Gasteiger partial charge in [0, 0.05) is 26.6 Å². The number of hydrogen-bond donors (Lipinski definition) is 3. The van der Waals surface area contributed by atoms with Crippen LogP contribution in [0.4, 0.5) is 4.79 Å². The third-order valence-corrected chi connectivity index (χ3v) is 4.08. The number of amides is 2. The topological polar surface area (TPSA) is 99.1 Å². The zero-order valence-corrected chi connectivity index (χ0v) is 11.0.